The Morgan fingerprint density at radius 3 is 2.80 bits per heavy atom. The number of piperazine rings is 1. The van der Waals surface area contributed by atoms with Crippen LogP contribution < -0.4 is 10.2 Å². The molecule has 1 aromatic carbocycles. The lowest BCUT2D eigenvalue weighted by Gasteiger charge is -2.41. The molecule has 1 aliphatic heterocycles. The molecule has 0 aromatic heterocycles. The minimum atomic E-state index is -0.101. The van der Waals surface area contributed by atoms with Crippen LogP contribution >= 0.6 is 0 Å². The van der Waals surface area contributed by atoms with Gasteiger partial charge >= 0.3 is 0 Å². The van der Waals surface area contributed by atoms with Gasteiger partial charge in [0, 0.05) is 43.5 Å². The zero-order chi connectivity index (χ0) is 14.5. The SMILES string of the molecule is CCNCc1c(F)cccc1N1CCN(C)C(CC)C1. The molecule has 4 heteroatoms. The van der Waals surface area contributed by atoms with Gasteiger partial charge in [0.1, 0.15) is 5.82 Å². The Bertz CT molecular complexity index is 436. The van der Waals surface area contributed by atoms with E-state index in [-0.39, 0.29) is 5.82 Å². The van der Waals surface area contributed by atoms with Crippen molar-refractivity contribution in [3.63, 3.8) is 0 Å². The molecule has 0 aliphatic carbocycles. The molecule has 0 spiro atoms. The van der Waals surface area contributed by atoms with Crippen molar-refractivity contribution in [1.29, 1.82) is 0 Å². The molecule has 1 unspecified atom stereocenters. The van der Waals surface area contributed by atoms with Crippen molar-refractivity contribution in [3.05, 3.63) is 29.6 Å². The topological polar surface area (TPSA) is 18.5 Å². The van der Waals surface area contributed by atoms with E-state index in [2.05, 4.69) is 29.1 Å². The van der Waals surface area contributed by atoms with Gasteiger partial charge < -0.3 is 10.2 Å². The van der Waals surface area contributed by atoms with Gasteiger partial charge in [-0.3, -0.25) is 4.90 Å². The predicted molar refractivity (Wildman–Crippen MR) is 82.7 cm³/mol. The van der Waals surface area contributed by atoms with Crippen LogP contribution in [0.25, 0.3) is 0 Å². The molecule has 2 rings (SSSR count). The fourth-order valence-corrected chi connectivity index (χ4v) is 2.87. The summed E-state index contributed by atoms with van der Waals surface area (Å²) in [7, 11) is 2.18. The van der Waals surface area contributed by atoms with Gasteiger partial charge in [0.2, 0.25) is 0 Å². The van der Waals surface area contributed by atoms with Gasteiger partial charge in [0.05, 0.1) is 0 Å². The first-order chi connectivity index (χ1) is 9.67. The standard InChI is InChI=1S/C16H26FN3/c1-4-13-12-20(10-9-19(13)3)16-8-6-7-15(17)14(16)11-18-5-2/h6-8,13,18H,4-5,9-12H2,1-3H3. The third-order valence-corrected chi connectivity index (χ3v) is 4.23. The number of hydrogen-bond donors (Lipinski definition) is 1. The van der Waals surface area contributed by atoms with E-state index in [9.17, 15) is 4.39 Å². The lowest BCUT2D eigenvalue weighted by Crippen LogP contribution is -2.51. The van der Waals surface area contributed by atoms with Gasteiger partial charge in [-0.25, -0.2) is 4.39 Å². The molecule has 1 aromatic rings. The minimum absolute atomic E-state index is 0.101. The number of anilines is 1. The normalized spacial score (nSPS) is 20.4. The maximum atomic E-state index is 14.1. The van der Waals surface area contributed by atoms with Crippen LogP contribution in [-0.4, -0.2) is 44.2 Å². The third-order valence-electron chi connectivity index (χ3n) is 4.23. The fraction of sp³-hybridized carbons (Fsp3) is 0.625. The minimum Gasteiger partial charge on any atom is -0.368 e. The van der Waals surface area contributed by atoms with Gasteiger partial charge in [0.15, 0.2) is 0 Å². The van der Waals surface area contributed by atoms with E-state index >= 15 is 0 Å². The highest BCUT2D eigenvalue weighted by molar-refractivity contribution is 5.54. The molecule has 0 radical (unpaired) electrons. The Balaban J connectivity index is 2.21. The summed E-state index contributed by atoms with van der Waals surface area (Å²) < 4.78 is 14.1. The van der Waals surface area contributed by atoms with E-state index in [0.29, 0.717) is 12.6 Å². The Morgan fingerprint density at radius 1 is 1.30 bits per heavy atom. The van der Waals surface area contributed by atoms with Crippen LogP contribution in [0.2, 0.25) is 0 Å². The summed E-state index contributed by atoms with van der Waals surface area (Å²) in [5.74, 6) is -0.101. The number of benzene rings is 1. The Morgan fingerprint density at radius 2 is 2.10 bits per heavy atom. The molecule has 20 heavy (non-hydrogen) atoms. The molecule has 1 aliphatic rings. The van der Waals surface area contributed by atoms with Crippen molar-refractivity contribution in [2.24, 2.45) is 0 Å². The van der Waals surface area contributed by atoms with Gasteiger partial charge in [0.25, 0.3) is 0 Å². The Labute approximate surface area is 121 Å². The lowest BCUT2D eigenvalue weighted by molar-refractivity contribution is 0.213. The van der Waals surface area contributed by atoms with Crippen molar-refractivity contribution in [3.8, 4) is 0 Å². The highest BCUT2D eigenvalue weighted by atomic mass is 19.1. The summed E-state index contributed by atoms with van der Waals surface area (Å²) in [5.41, 5.74) is 1.85. The van der Waals surface area contributed by atoms with Crippen molar-refractivity contribution < 1.29 is 4.39 Å². The summed E-state index contributed by atoms with van der Waals surface area (Å²) in [5, 5.41) is 3.24. The average Bonchev–Trinajstić information content (AvgIpc) is 2.46. The fourth-order valence-electron chi connectivity index (χ4n) is 2.87. The van der Waals surface area contributed by atoms with Crippen LogP contribution in [0, 0.1) is 5.82 Å². The number of halogens is 1. The van der Waals surface area contributed by atoms with Crippen molar-refractivity contribution in [1.82, 2.24) is 10.2 Å². The number of nitrogens with one attached hydrogen (secondary N) is 1. The van der Waals surface area contributed by atoms with Crippen LogP contribution in [0.15, 0.2) is 18.2 Å². The lowest BCUT2D eigenvalue weighted by atomic mass is 10.1. The molecule has 1 N–H and O–H groups in total. The summed E-state index contributed by atoms with van der Waals surface area (Å²) in [6.07, 6.45) is 1.13. The summed E-state index contributed by atoms with van der Waals surface area (Å²) in [4.78, 5) is 4.74. The maximum absolute atomic E-state index is 14.1. The van der Waals surface area contributed by atoms with Gasteiger partial charge in [-0.15, -0.1) is 0 Å². The zero-order valence-corrected chi connectivity index (χ0v) is 12.8. The first-order valence-electron chi connectivity index (χ1n) is 7.60. The van der Waals surface area contributed by atoms with Crippen molar-refractivity contribution in [2.75, 3.05) is 38.1 Å². The van der Waals surface area contributed by atoms with Gasteiger partial charge in [-0.2, -0.15) is 0 Å². The maximum Gasteiger partial charge on any atom is 0.129 e. The second-order valence-corrected chi connectivity index (χ2v) is 5.51. The summed E-state index contributed by atoms with van der Waals surface area (Å²) in [6.45, 7) is 8.70. The second kappa shape index (κ2) is 7.04. The highest BCUT2D eigenvalue weighted by Crippen LogP contribution is 2.26. The smallest absolute Gasteiger partial charge is 0.129 e. The molecule has 0 amide bonds. The molecular formula is C16H26FN3. The number of likely N-dealkylation sites (N-methyl/N-ethyl adjacent to an activating group) is 1. The van der Waals surface area contributed by atoms with Crippen LogP contribution in [0.5, 0.6) is 0 Å². The second-order valence-electron chi connectivity index (χ2n) is 5.51. The van der Waals surface area contributed by atoms with Gasteiger partial charge in [-0.05, 0) is 32.1 Å². The largest absolute Gasteiger partial charge is 0.368 e. The molecule has 1 atom stereocenters. The molecule has 0 saturated carbocycles. The van der Waals surface area contributed by atoms with E-state index in [1.54, 1.807) is 6.07 Å². The average molecular weight is 279 g/mol. The molecule has 1 saturated heterocycles. The number of rotatable bonds is 5. The molecular weight excluding hydrogens is 253 g/mol. The Hall–Kier alpha value is -1.13. The third kappa shape index (κ3) is 3.30. The van der Waals surface area contributed by atoms with E-state index < -0.39 is 0 Å². The number of nitrogens with zero attached hydrogens (tertiary/aromatic N) is 2. The first-order valence-corrected chi connectivity index (χ1v) is 7.60. The van der Waals surface area contributed by atoms with Crippen LogP contribution in [0.1, 0.15) is 25.8 Å². The molecule has 3 nitrogen and oxygen atoms in total. The zero-order valence-electron chi connectivity index (χ0n) is 12.8. The van der Waals surface area contributed by atoms with Crippen LogP contribution in [0.4, 0.5) is 10.1 Å². The van der Waals surface area contributed by atoms with E-state index in [4.69, 9.17) is 0 Å². The van der Waals surface area contributed by atoms with Gasteiger partial charge in [-0.1, -0.05) is 19.9 Å². The number of hydrogen-bond acceptors (Lipinski definition) is 3. The van der Waals surface area contributed by atoms with E-state index in [1.165, 1.54) is 0 Å². The van der Waals surface area contributed by atoms with E-state index in [1.807, 2.05) is 19.1 Å². The highest BCUT2D eigenvalue weighted by Gasteiger charge is 2.24. The van der Waals surface area contributed by atoms with Crippen LogP contribution in [0.3, 0.4) is 0 Å². The summed E-state index contributed by atoms with van der Waals surface area (Å²) >= 11 is 0. The Kier molecular flexibility index (Phi) is 5.38. The molecule has 1 fully saturated rings. The predicted octanol–water partition coefficient (Wildman–Crippen LogP) is 2.47. The van der Waals surface area contributed by atoms with Crippen molar-refractivity contribution in [2.45, 2.75) is 32.9 Å². The van der Waals surface area contributed by atoms with E-state index in [0.717, 1.165) is 43.9 Å². The first kappa shape index (κ1) is 15.3. The quantitative estimate of drug-likeness (QED) is 0.893. The summed E-state index contributed by atoms with van der Waals surface area (Å²) in [6, 6.07) is 5.98. The molecule has 0 bridgehead atoms. The molecule has 1 heterocycles. The molecule has 112 valence electrons. The van der Waals surface area contributed by atoms with Crippen LogP contribution in [-0.2, 0) is 6.54 Å². The monoisotopic (exact) mass is 279 g/mol. The van der Waals surface area contributed by atoms with Crippen molar-refractivity contribution >= 4 is 5.69 Å².